The standard InChI is InChI=1S/C21H20FN3O5/c1-3-30-17-9-8-13(11-18(17)29-2)10-16-20(27)25(21(28)24-16)12-19(26)23-15-7-5-4-6-14(15)22/h4-11H,3,12H2,1-2H3,(H,23,26)(H,24,28)/b16-10+. The Morgan fingerprint density at radius 1 is 1.20 bits per heavy atom. The minimum absolute atomic E-state index is 0.00454. The van der Waals surface area contributed by atoms with E-state index in [1.807, 2.05) is 6.92 Å². The highest BCUT2D eigenvalue weighted by molar-refractivity contribution is 6.15. The lowest BCUT2D eigenvalue weighted by Crippen LogP contribution is -2.38. The number of amides is 4. The van der Waals surface area contributed by atoms with Crippen LogP contribution in [0.5, 0.6) is 11.5 Å². The van der Waals surface area contributed by atoms with Crippen molar-refractivity contribution < 1.29 is 28.2 Å². The van der Waals surface area contributed by atoms with Crippen LogP contribution in [-0.4, -0.2) is 43.0 Å². The molecule has 4 amide bonds. The molecule has 3 rings (SSSR count). The maximum absolute atomic E-state index is 13.7. The molecule has 0 unspecified atom stereocenters. The van der Waals surface area contributed by atoms with Crippen molar-refractivity contribution in [2.24, 2.45) is 0 Å². The number of hydrogen-bond donors (Lipinski definition) is 2. The monoisotopic (exact) mass is 413 g/mol. The largest absolute Gasteiger partial charge is 0.493 e. The van der Waals surface area contributed by atoms with E-state index in [1.54, 1.807) is 24.3 Å². The number of nitrogens with one attached hydrogen (secondary N) is 2. The van der Waals surface area contributed by atoms with Crippen molar-refractivity contribution in [3.63, 3.8) is 0 Å². The lowest BCUT2D eigenvalue weighted by molar-refractivity contribution is -0.127. The van der Waals surface area contributed by atoms with E-state index in [-0.39, 0.29) is 11.4 Å². The summed E-state index contributed by atoms with van der Waals surface area (Å²) in [6.45, 7) is 1.76. The van der Waals surface area contributed by atoms with Crippen LogP contribution in [0, 0.1) is 5.82 Å². The SMILES string of the molecule is CCOc1ccc(/C=C2/NC(=O)N(CC(=O)Nc3ccccc3F)C2=O)cc1OC. The normalized spacial score (nSPS) is 14.6. The summed E-state index contributed by atoms with van der Waals surface area (Å²) in [6.07, 6.45) is 1.47. The Morgan fingerprint density at radius 3 is 2.67 bits per heavy atom. The molecule has 2 N–H and O–H groups in total. The van der Waals surface area contributed by atoms with Crippen LogP contribution in [0.4, 0.5) is 14.9 Å². The van der Waals surface area contributed by atoms with Gasteiger partial charge in [0.1, 0.15) is 18.1 Å². The van der Waals surface area contributed by atoms with Gasteiger partial charge in [-0.1, -0.05) is 18.2 Å². The fourth-order valence-electron chi connectivity index (χ4n) is 2.83. The summed E-state index contributed by atoms with van der Waals surface area (Å²) in [7, 11) is 1.49. The number of rotatable bonds is 7. The van der Waals surface area contributed by atoms with Crippen LogP contribution in [0.15, 0.2) is 48.2 Å². The number of para-hydroxylation sites is 1. The van der Waals surface area contributed by atoms with Crippen molar-refractivity contribution in [3.05, 3.63) is 59.5 Å². The summed E-state index contributed by atoms with van der Waals surface area (Å²) in [5, 5.41) is 4.77. The van der Waals surface area contributed by atoms with Crippen LogP contribution >= 0.6 is 0 Å². The van der Waals surface area contributed by atoms with Crippen LogP contribution in [-0.2, 0) is 9.59 Å². The van der Waals surface area contributed by atoms with Crippen molar-refractivity contribution in [2.75, 3.05) is 25.6 Å². The van der Waals surface area contributed by atoms with E-state index in [0.717, 1.165) is 4.90 Å². The van der Waals surface area contributed by atoms with Crippen molar-refractivity contribution in [1.29, 1.82) is 0 Å². The Labute approximate surface area is 172 Å². The van der Waals surface area contributed by atoms with E-state index in [1.165, 1.54) is 31.4 Å². The summed E-state index contributed by atoms with van der Waals surface area (Å²) in [5.41, 5.74) is 0.563. The first-order valence-electron chi connectivity index (χ1n) is 9.12. The Morgan fingerprint density at radius 2 is 1.97 bits per heavy atom. The Bertz CT molecular complexity index is 1020. The van der Waals surface area contributed by atoms with Gasteiger partial charge >= 0.3 is 6.03 Å². The third-order valence-electron chi connectivity index (χ3n) is 4.21. The van der Waals surface area contributed by atoms with Gasteiger partial charge in [-0.05, 0) is 42.8 Å². The van der Waals surface area contributed by atoms with Gasteiger partial charge in [-0.2, -0.15) is 0 Å². The number of benzene rings is 2. The molecule has 0 aromatic heterocycles. The first-order chi connectivity index (χ1) is 14.4. The summed E-state index contributed by atoms with van der Waals surface area (Å²) in [5.74, 6) is -0.961. The lowest BCUT2D eigenvalue weighted by Gasteiger charge is -2.12. The fraction of sp³-hybridized carbons (Fsp3) is 0.190. The number of urea groups is 1. The Balaban J connectivity index is 1.73. The quantitative estimate of drug-likeness (QED) is 0.537. The molecule has 0 spiro atoms. The van der Waals surface area contributed by atoms with Crippen LogP contribution < -0.4 is 20.1 Å². The van der Waals surface area contributed by atoms with E-state index in [4.69, 9.17) is 9.47 Å². The molecule has 1 saturated heterocycles. The molecule has 1 heterocycles. The average Bonchev–Trinajstić information content (AvgIpc) is 2.98. The Kier molecular flexibility index (Phi) is 6.31. The molecule has 1 fully saturated rings. The van der Waals surface area contributed by atoms with Crippen LogP contribution in [0.2, 0.25) is 0 Å². The zero-order valence-corrected chi connectivity index (χ0v) is 16.4. The molecule has 1 aliphatic heterocycles. The molecular weight excluding hydrogens is 393 g/mol. The summed E-state index contributed by atoms with van der Waals surface area (Å²) < 4.78 is 24.4. The van der Waals surface area contributed by atoms with Gasteiger partial charge in [-0.15, -0.1) is 0 Å². The highest BCUT2D eigenvalue weighted by Crippen LogP contribution is 2.29. The minimum atomic E-state index is -0.743. The van der Waals surface area contributed by atoms with Gasteiger partial charge in [-0.3, -0.25) is 9.59 Å². The molecule has 9 heteroatoms. The molecule has 0 bridgehead atoms. The minimum Gasteiger partial charge on any atom is -0.493 e. The molecule has 8 nitrogen and oxygen atoms in total. The zero-order chi connectivity index (χ0) is 21.7. The second-order valence-electron chi connectivity index (χ2n) is 6.25. The average molecular weight is 413 g/mol. The van der Waals surface area contributed by atoms with Crippen LogP contribution in [0.3, 0.4) is 0 Å². The third kappa shape index (κ3) is 4.57. The molecular formula is C21H20FN3O5. The zero-order valence-electron chi connectivity index (χ0n) is 16.4. The Hall–Kier alpha value is -3.88. The second kappa shape index (κ2) is 9.08. The van der Waals surface area contributed by atoms with Crippen molar-refractivity contribution in [1.82, 2.24) is 10.2 Å². The fourth-order valence-corrected chi connectivity index (χ4v) is 2.83. The molecule has 1 aliphatic rings. The van der Waals surface area contributed by atoms with Gasteiger partial charge in [0.15, 0.2) is 11.5 Å². The van der Waals surface area contributed by atoms with Gasteiger partial charge in [0.2, 0.25) is 5.91 Å². The van der Waals surface area contributed by atoms with Crippen molar-refractivity contribution in [3.8, 4) is 11.5 Å². The van der Waals surface area contributed by atoms with Crippen LogP contribution in [0.1, 0.15) is 12.5 Å². The molecule has 156 valence electrons. The number of hydrogen-bond acceptors (Lipinski definition) is 5. The number of carbonyl (C=O) groups is 3. The van der Waals surface area contributed by atoms with Gasteiger partial charge in [0, 0.05) is 0 Å². The highest BCUT2D eigenvalue weighted by atomic mass is 19.1. The van der Waals surface area contributed by atoms with Gasteiger partial charge in [0.25, 0.3) is 5.91 Å². The molecule has 0 radical (unpaired) electrons. The number of carbonyl (C=O) groups excluding carboxylic acids is 3. The van der Waals surface area contributed by atoms with Crippen molar-refractivity contribution >= 4 is 29.6 Å². The predicted molar refractivity (Wildman–Crippen MR) is 107 cm³/mol. The van der Waals surface area contributed by atoms with E-state index < -0.39 is 30.2 Å². The molecule has 2 aromatic rings. The summed E-state index contributed by atoms with van der Waals surface area (Å²) in [6, 6.07) is 9.91. The first-order valence-corrected chi connectivity index (χ1v) is 9.12. The van der Waals surface area contributed by atoms with E-state index in [9.17, 15) is 18.8 Å². The molecule has 0 aliphatic carbocycles. The summed E-state index contributed by atoms with van der Waals surface area (Å²) >= 11 is 0. The number of methoxy groups -OCH3 is 1. The maximum atomic E-state index is 13.7. The second-order valence-corrected chi connectivity index (χ2v) is 6.25. The molecule has 0 saturated carbocycles. The smallest absolute Gasteiger partial charge is 0.329 e. The highest BCUT2D eigenvalue weighted by Gasteiger charge is 2.35. The maximum Gasteiger partial charge on any atom is 0.329 e. The lowest BCUT2D eigenvalue weighted by atomic mass is 10.1. The molecule has 30 heavy (non-hydrogen) atoms. The van der Waals surface area contributed by atoms with Gasteiger partial charge < -0.3 is 20.1 Å². The topological polar surface area (TPSA) is 97.0 Å². The number of ether oxygens (including phenoxy) is 2. The number of anilines is 1. The molecule has 2 aromatic carbocycles. The van der Waals surface area contributed by atoms with Gasteiger partial charge in [0.05, 0.1) is 19.4 Å². The van der Waals surface area contributed by atoms with Crippen molar-refractivity contribution in [2.45, 2.75) is 6.92 Å². The molecule has 0 atom stereocenters. The first kappa shape index (κ1) is 20.8. The summed E-state index contributed by atoms with van der Waals surface area (Å²) in [4.78, 5) is 37.6. The van der Waals surface area contributed by atoms with E-state index in [0.29, 0.717) is 23.7 Å². The predicted octanol–water partition coefficient (Wildman–Crippen LogP) is 2.76. The van der Waals surface area contributed by atoms with E-state index >= 15 is 0 Å². The van der Waals surface area contributed by atoms with E-state index in [2.05, 4.69) is 10.6 Å². The number of imide groups is 1. The number of nitrogens with zero attached hydrogens (tertiary/aromatic N) is 1. The third-order valence-corrected chi connectivity index (χ3v) is 4.21. The van der Waals surface area contributed by atoms with Gasteiger partial charge in [-0.25, -0.2) is 14.1 Å². The van der Waals surface area contributed by atoms with Crippen LogP contribution in [0.25, 0.3) is 6.08 Å². The number of halogens is 1.